The third kappa shape index (κ3) is 2.47. The van der Waals surface area contributed by atoms with Gasteiger partial charge >= 0.3 is 0 Å². The Morgan fingerprint density at radius 2 is 1.88 bits per heavy atom. The second-order valence-corrected chi connectivity index (χ2v) is 1.45. The maximum Gasteiger partial charge on any atom is 0.130 e. The molecule has 0 fully saturated rings. The van der Waals surface area contributed by atoms with E-state index in [1.165, 1.54) is 0 Å². The highest BCUT2D eigenvalue weighted by Crippen LogP contribution is 1.90. The van der Waals surface area contributed by atoms with Crippen LogP contribution < -0.4 is 0 Å². The molecular weight excluding hydrogens is 108 g/mol. The van der Waals surface area contributed by atoms with Crippen molar-refractivity contribution in [2.75, 3.05) is 6.61 Å². The number of carbonyl (C=O) groups is 2. The standard InChI is InChI=1S/C5H8O3/c6-2-1-5(3-7)4-8/h3-6H,1-2H2. The van der Waals surface area contributed by atoms with Crippen molar-refractivity contribution >= 4 is 12.6 Å². The van der Waals surface area contributed by atoms with Crippen LogP contribution in [0.3, 0.4) is 0 Å². The molecule has 0 aliphatic carbocycles. The van der Waals surface area contributed by atoms with Gasteiger partial charge in [-0.1, -0.05) is 0 Å². The Labute approximate surface area is 47.3 Å². The summed E-state index contributed by atoms with van der Waals surface area (Å²) >= 11 is 0. The van der Waals surface area contributed by atoms with Gasteiger partial charge in [-0.05, 0) is 6.42 Å². The second-order valence-electron chi connectivity index (χ2n) is 1.45. The van der Waals surface area contributed by atoms with Gasteiger partial charge in [0.25, 0.3) is 0 Å². The minimum Gasteiger partial charge on any atom is -0.396 e. The SMILES string of the molecule is O=CC(C=O)CCO. The number of carbonyl (C=O) groups excluding carboxylic acids is 2. The highest BCUT2D eigenvalue weighted by atomic mass is 16.3. The molecule has 8 heavy (non-hydrogen) atoms. The molecule has 3 nitrogen and oxygen atoms in total. The lowest BCUT2D eigenvalue weighted by Crippen LogP contribution is -2.04. The van der Waals surface area contributed by atoms with Crippen molar-refractivity contribution in [3.05, 3.63) is 0 Å². The Kier molecular flexibility index (Phi) is 4.07. The zero-order valence-corrected chi connectivity index (χ0v) is 4.41. The van der Waals surface area contributed by atoms with E-state index in [2.05, 4.69) is 0 Å². The van der Waals surface area contributed by atoms with Crippen LogP contribution in [0.4, 0.5) is 0 Å². The summed E-state index contributed by atoms with van der Waals surface area (Å²) < 4.78 is 0. The van der Waals surface area contributed by atoms with Gasteiger partial charge in [0.15, 0.2) is 0 Å². The Bertz CT molecular complexity index is 71.7. The summed E-state index contributed by atoms with van der Waals surface area (Å²) in [5.41, 5.74) is 0. The van der Waals surface area contributed by atoms with Crippen molar-refractivity contribution in [2.24, 2.45) is 5.92 Å². The molecule has 0 bridgehead atoms. The zero-order valence-electron chi connectivity index (χ0n) is 4.41. The Balaban J connectivity index is 3.35. The largest absolute Gasteiger partial charge is 0.396 e. The van der Waals surface area contributed by atoms with Crippen LogP contribution >= 0.6 is 0 Å². The number of hydrogen-bond acceptors (Lipinski definition) is 3. The minimum atomic E-state index is -0.611. The molecule has 0 aromatic carbocycles. The predicted molar refractivity (Wildman–Crippen MR) is 27.3 cm³/mol. The van der Waals surface area contributed by atoms with E-state index in [0.717, 1.165) is 0 Å². The van der Waals surface area contributed by atoms with Crippen molar-refractivity contribution in [3.63, 3.8) is 0 Å². The van der Waals surface area contributed by atoms with E-state index in [-0.39, 0.29) is 13.0 Å². The number of rotatable bonds is 4. The lowest BCUT2D eigenvalue weighted by Gasteiger charge is -1.93. The number of hydrogen-bond donors (Lipinski definition) is 1. The molecule has 0 rings (SSSR count). The molecule has 0 aliphatic heterocycles. The predicted octanol–water partition coefficient (Wildman–Crippen LogP) is -0.617. The second kappa shape index (κ2) is 4.46. The molecule has 0 aromatic rings. The third-order valence-electron chi connectivity index (χ3n) is 0.812. The lowest BCUT2D eigenvalue weighted by atomic mass is 10.1. The van der Waals surface area contributed by atoms with Crippen LogP contribution in [-0.4, -0.2) is 24.3 Å². The Hall–Kier alpha value is -0.700. The van der Waals surface area contributed by atoms with Gasteiger partial charge in [0.05, 0.1) is 5.92 Å². The monoisotopic (exact) mass is 116 g/mol. The summed E-state index contributed by atoms with van der Waals surface area (Å²) in [4.78, 5) is 19.6. The fourth-order valence-electron chi connectivity index (χ4n) is 0.317. The molecule has 3 heteroatoms. The summed E-state index contributed by atoms with van der Waals surface area (Å²) in [6.07, 6.45) is 1.31. The first kappa shape index (κ1) is 7.30. The van der Waals surface area contributed by atoms with Gasteiger partial charge in [0.2, 0.25) is 0 Å². The van der Waals surface area contributed by atoms with Gasteiger partial charge in [-0.2, -0.15) is 0 Å². The normalized spacial score (nSPS) is 9.25. The average Bonchev–Trinajstić information content (AvgIpc) is 1.83. The van der Waals surface area contributed by atoms with Crippen LogP contribution in [0.1, 0.15) is 6.42 Å². The van der Waals surface area contributed by atoms with Gasteiger partial charge in [-0.15, -0.1) is 0 Å². The van der Waals surface area contributed by atoms with Gasteiger partial charge in [0.1, 0.15) is 12.6 Å². The van der Waals surface area contributed by atoms with E-state index < -0.39 is 5.92 Å². The van der Waals surface area contributed by atoms with Crippen molar-refractivity contribution in [1.29, 1.82) is 0 Å². The first-order chi connectivity index (χ1) is 3.85. The van der Waals surface area contributed by atoms with E-state index in [1.54, 1.807) is 0 Å². The van der Waals surface area contributed by atoms with Crippen molar-refractivity contribution in [2.45, 2.75) is 6.42 Å². The van der Waals surface area contributed by atoms with E-state index >= 15 is 0 Å². The van der Waals surface area contributed by atoms with Crippen molar-refractivity contribution < 1.29 is 14.7 Å². The van der Waals surface area contributed by atoms with Crippen LogP contribution in [0.25, 0.3) is 0 Å². The van der Waals surface area contributed by atoms with Crippen molar-refractivity contribution in [1.82, 2.24) is 0 Å². The molecule has 0 atom stereocenters. The highest BCUT2D eigenvalue weighted by Gasteiger charge is 2.01. The van der Waals surface area contributed by atoms with Crippen LogP contribution in [0.15, 0.2) is 0 Å². The minimum absolute atomic E-state index is 0.109. The van der Waals surface area contributed by atoms with Gasteiger partial charge in [0, 0.05) is 6.61 Å². The first-order valence-corrected chi connectivity index (χ1v) is 2.36. The summed E-state index contributed by atoms with van der Waals surface area (Å²) in [5, 5.41) is 8.18. The molecule has 0 radical (unpaired) electrons. The number of aliphatic hydroxyl groups excluding tert-OH is 1. The molecule has 0 aromatic heterocycles. The van der Waals surface area contributed by atoms with Gasteiger partial charge in [-0.25, -0.2) is 0 Å². The maximum atomic E-state index is 9.78. The van der Waals surface area contributed by atoms with Crippen molar-refractivity contribution in [3.8, 4) is 0 Å². The average molecular weight is 116 g/mol. The summed E-state index contributed by atoms with van der Waals surface area (Å²) in [6.45, 7) is -0.109. The summed E-state index contributed by atoms with van der Waals surface area (Å²) in [5.74, 6) is -0.611. The fraction of sp³-hybridized carbons (Fsp3) is 0.600. The van der Waals surface area contributed by atoms with Crippen LogP contribution in [0, 0.1) is 5.92 Å². The van der Waals surface area contributed by atoms with Gasteiger partial charge < -0.3 is 14.7 Å². The molecule has 1 N–H and O–H groups in total. The molecule has 0 amide bonds. The molecule has 0 saturated heterocycles. The van der Waals surface area contributed by atoms with Crippen LogP contribution in [-0.2, 0) is 9.59 Å². The molecule has 0 spiro atoms. The third-order valence-corrected chi connectivity index (χ3v) is 0.812. The van der Waals surface area contributed by atoms with E-state index in [9.17, 15) is 9.59 Å². The quantitative estimate of drug-likeness (QED) is 0.393. The van der Waals surface area contributed by atoms with E-state index in [4.69, 9.17) is 5.11 Å². The lowest BCUT2D eigenvalue weighted by molar-refractivity contribution is -0.119. The molecule has 0 saturated carbocycles. The molecule has 0 unspecified atom stereocenters. The zero-order chi connectivity index (χ0) is 6.41. The Morgan fingerprint density at radius 1 is 1.38 bits per heavy atom. The molecular formula is C5H8O3. The van der Waals surface area contributed by atoms with Crippen LogP contribution in [0.5, 0.6) is 0 Å². The highest BCUT2D eigenvalue weighted by molar-refractivity contribution is 5.77. The number of aldehydes is 2. The smallest absolute Gasteiger partial charge is 0.130 e. The van der Waals surface area contributed by atoms with E-state index in [1.807, 2.05) is 0 Å². The summed E-state index contributed by atoms with van der Waals surface area (Å²) in [7, 11) is 0. The molecule has 0 aliphatic rings. The molecule has 0 heterocycles. The van der Waals surface area contributed by atoms with Crippen LogP contribution in [0.2, 0.25) is 0 Å². The maximum absolute atomic E-state index is 9.78. The Morgan fingerprint density at radius 3 is 2.00 bits per heavy atom. The fourth-order valence-corrected chi connectivity index (χ4v) is 0.317. The molecule has 46 valence electrons. The first-order valence-electron chi connectivity index (χ1n) is 2.36. The summed E-state index contributed by atoms with van der Waals surface area (Å²) in [6, 6.07) is 0. The van der Waals surface area contributed by atoms with E-state index in [0.29, 0.717) is 12.6 Å². The number of aliphatic hydroxyl groups is 1. The van der Waals surface area contributed by atoms with Gasteiger partial charge in [-0.3, -0.25) is 0 Å². The topological polar surface area (TPSA) is 54.4 Å².